The SMILES string of the molecule is CCNC(=O)NC(=O)C(C)NC1CC(C)(C)CC(C)(C)C1. The number of carbonyl (C=O) groups is 2. The molecule has 3 amide bonds. The lowest BCUT2D eigenvalue weighted by molar-refractivity contribution is -0.122. The maximum atomic E-state index is 12.0. The van der Waals surface area contributed by atoms with Crippen LogP contribution >= 0.6 is 0 Å². The Balaban J connectivity index is 2.55. The fraction of sp³-hybridized carbons (Fsp3) is 0.875. The number of hydrogen-bond donors (Lipinski definition) is 3. The van der Waals surface area contributed by atoms with Crippen molar-refractivity contribution in [3.8, 4) is 0 Å². The minimum atomic E-state index is -0.430. The van der Waals surface area contributed by atoms with Crippen molar-refractivity contribution < 1.29 is 9.59 Å². The fourth-order valence-corrected chi connectivity index (χ4v) is 3.82. The zero-order valence-electron chi connectivity index (χ0n) is 14.3. The van der Waals surface area contributed by atoms with Gasteiger partial charge in [-0.25, -0.2) is 4.79 Å². The van der Waals surface area contributed by atoms with Crippen molar-refractivity contribution in [2.45, 2.75) is 72.9 Å². The van der Waals surface area contributed by atoms with Crippen LogP contribution in [0.1, 0.15) is 60.8 Å². The smallest absolute Gasteiger partial charge is 0.321 e. The van der Waals surface area contributed by atoms with Gasteiger partial charge in [-0.1, -0.05) is 27.7 Å². The molecule has 1 aliphatic rings. The van der Waals surface area contributed by atoms with Crippen molar-refractivity contribution in [1.82, 2.24) is 16.0 Å². The molecule has 0 bridgehead atoms. The molecule has 1 aliphatic carbocycles. The molecule has 1 unspecified atom stereocenters. The number of rotatable bonds is 4. The first-order chi connectivity index (χ1) is 9.54. The topological polar surface area (TPSA) is 70.2 Å². The lowest BCUT2D eigenvalue weighted by atomic mass is 9.63. The van der Waals surface area contributed by atoms with Crippen LogP contribution in [0.2, 0.25) is 0 Å². The van der Waals surface area contributed by atoms with E-state index in [2.05, 4.69) is 43.6 Å². The Kier molecular flexibility index (Phi) is 5.79. The lowest BCUT2D eigenvalue weighted by Crippen LogP contribution is -2.53. The Morgan fingerprint density at radius 3 is 2.14 bits per heavy atom. The molecule has 1 saturated carbocycles. The third-order valence-corrected chi connectivity index (χ3v) is 4.01. The molecule has 21 heavy (non-hydrogen) atoms. The molecule has 0 saturated heterocycles. The van der Waals surface area contributed by atoms with E-state index in [9.17, 15) is 9.59 Å². The van der Waals surface area contributed by atoms with Gasteiger partial charge in [-0.2, -0.15) is 0 Å². The Morgan fingerprint density at radius 1 is 1.14 bits per heavy atom. The molecule has 1 rings (SSSR count). The predicted octanol–water partition coefficient (Wildman–Crippen LogP) is 2.42. The second kappa shape index (κ2) is 6.77. The van der Waals surface area contributed by atoms with Crippen molar-refractivity contribution in [1.29, 1.82) is 0 Å². The molecule has 0 aromatic carbocycles. The molecule has 0 spiro atoms. The molecule has 0 aliphatic heterocycles. The molecule has 5 nitrogen and oxygen atoms in total. The molecule has 1 atom stereocenters. The van der Waals surface area contributed by atoms with E-state index in [0.717, 1.165) is 12.8 Å². The maximum Gasteiger partial charge on any atom is 0.321 e. The summed E-state index contributed by atoms with van der Waals surface area (Å²) >= 11 is 0. The predicted molar refractivity (Wildman–Crippen MR) is 85.0 cm³/mol. The van der Waals surface area contributed by atoms with Crippen LogP contribution in [0.3, 0.4) is 0 Å². The second-order valence-electron chi connectivity index (χ2n) is 7.85. The molecular formula is C16H31N3O2. The molecule has 122 valence electrons. The molecule has 1 fully saturated rings. The third-order valence-electron chi connectivity index (χ3n) is 4.01. The third kappa shape index (κ3) is 6.04. The van der Waals surface area contributed by atoms with E-state index in [1.54, 1.807) is 0 Å². The van der Waals surface area contributed by atoms with E-state index in [0.29, 0.717) is 12.6 Å². The van der Waals surface area contributed by atoms with Crippen LogP contribution in [-0.4, -0.2) is 30.6 Å². The zero-order chi connectivity index (χ0) is 16.3. The molecule has 0 aromatic heterocycles. The van der Waals surface area contributed by atoms with Gasteiger partial charge in [-0.3, -0.25) is 10.1 Å². The number of urea groups is 1. The van der Waals surface area contributed by atoms with Crippen molar-refractivity contribution in [3.05, 3.63) is 0 Å². The highest BCUT2D eigenvalue weighted by molar-refractivity contribution is 5.96. The number of carbonyl (C=O) groups excluding carboxylic acids is 2. The van der Waals surface area contributed by atoms with Gasteiger partial charge in [0.05, 0.1) is 6.04 Å². The van der Waals surface area contributed by atoms with Crippen LogP contribution in [0.4, 0.5) is 4.79 Å². The van der Waals surface area contributed by atoms with Crippen molar-refractivity contribution in [2.24, 2.45) is 10.8 Å². The van der Waals surface area contributed by atoms with E-state index >= 15 is 0 Å². The summed E-state index contributed by atoms with van der Waals surface area (Å²) in [6.45, 7) is 13.3. The minimum Gasteiger partial charge on any atom is -0.338 e. The van der Waals surface area contributed by atoms with E-state index in [1.807, 2.05) is 13.8 Å². The highest BCUT2D eigenvalue weighted by Crippen LogP contribution is 2.45. The summed E-state index contributed by atoms with van der Waals surface area (Å²) in [6, 6.07) is -0.499. The second-order valence-corrected chi connectivity index (χ2v) is 7.85. The van der Waals surface area contributed by atoms with E-state index in [1.165, 1.54) is 6.42 Å². The van der Waals surface area contributed by atoms with Crippen LogP contribution in [0.15, 0.2) is 0 Å². The van der Waals surface area contributed by atoms with Crippen LogP contribution < -0.4 is 16.0 Å². The van der Waals surface area contributed by atoms with Gasteiger partial charge >= 0.3 is 6.03 Å². The summed E-state index contributed by atoms with van der Waals surface area (Å²) in [5, 5.41) is 8.31. The van der Waals surface area contributed by atoms with E-state index in [4.69, 9.17) is 0 Å². The zero-order valence-corrected chi connectivity index (χ0v) is 14.3. The Labute approximate surface area is 128 Å². The fourth-order valence-electron chi connectivity index (χ4n) is 3.82. The van der Waals surface area contributed by atoms with Gasteiger partial charge < -0.3 is 10.6 Å². The van der Waals surface area contributed by atoms with Crippen LogP contribution in [-0.2, 0) is 4.79 Å². The highest BCUT2D eigenvalue weighted by Gasteiger charge is 2.39. The minimum absolute atomic E-state index is 0.273. The normalized spacial score (nSPS) is 22.4. The van der Waals surface area contributed by atoms with Crippen molar-refractivity contribution >= 4 is 11.9 Å². The molecule has 0 heterocycles. The monoisotopic (exact) mass is 297 g/mol. The number of imide groups is 1. The molecule has 0 aromatic rings. The van der Waals surface area contributed by atoms with Gasteiger partial charge in [0.25, 0.3) is 0 Å². The first-order valence-electron chi connectivity index (χ1n) is 7.89. The summed E-state index contributed by atoms with van der Waals surface area (Å²) in [4.78, 5) is 23.4. The van der Waals surface area contributed by atoms with Gasteiger partial charge in [-0.15, -0.1) is 0 Å². The summed E-state index contributed by atoms with van der Waals surface area (Å²) < 4.78 is 0. The summed E-state index contributed by atoms with van der Waals surface area (Å²) in [5.41, 5.74) is 0.546. The Hall–Kier alpha value is -1.10. The molecular weight excluding hydrogens is 266 g/mol. The molecule has 0 radical (unpaired) electrons. The van der Waals surface area contributed by atoms with Gasteiger partial charge in [0.15, 0.2) is 0 Å². The van der Waals surface area contributed by atoms with Gasteiger partial charge in [0.1, 0.15) is 0 Å². The number of hydrogen-bond acceptors (Lipinski definition) is 3. The average molecular weight is 297 g/mol. The largest absolute Gasteiger partial charge is 0.338 e. The van der Waals surface area contributed by atoms with Gasteiger partial charge in [-0.05, 0) is 43.9 Å². The van der Waals surface area contributed by atoms with Crippen LogP contribution in [0.25, 0.3) is 0 Å². The van der Waals surface area contributed by atoms with E-state index < -0.39 is 6.03 Å². The quantitative estimate of drug-likeness (QED) is 0.746. The van der Waals surface area contributed by atoms with E-state index in [-0.39, 0.29) is 22.8 Å². The number of amides is 3. The average Bonchev–Trinajstić information content (AvgIpc) is 2.24. The summed E-state index contributed by atoms with van der Waals surface area (Å²) in [5.74, 6) is -0.276. The molecule has 3 N–H and O–H groups in total. The van der Waals surface area contributed by atoms with Crippen LogP contribution in [0, 0.1) is 10.8 Å². The number of nitrogens with one attached hydrogen (secondary N) is 3. The highest BCUT2D eigenvalue weighted by atomic mass is 16.2. The molecule has 5 heteroatoms. The van der Waals surface area contributed by atoms with Gasteiger partial charge in [0.2, 0.25) is 5.91 Å². The first-order valence-corrected chi connectivity index (χ1v) is 7.89. The summed E-state index contributed by atoms with van der Waals surface area (Å²) in [7, 11) is 0. The van der Waals surface area contributed by atoms with Crippen molar-refractivity contribution in [2.75, 3.05) is 6.54 Å². The standard InChI is InChI=1S/C16H31N3O2/c1-7-17-14(21)19-13(20)11(2)18-12-8-15(3,4)10-16(5,6)9-12/h11-12,18H,7-10H2,1-6H3,(H2,17,19,20,21). The van der Waals surface area contributed by atoms with Crippen molar-refractivity contribution in [3.63, 3.8) is 0 Å². The Bertz CT molecular complexity index is 375. The van der Waals surface area contributed by atoms with Crippen LogP contribution in [0.5, 0.6) is 0 Å². The summed E-state index contributed by atoms with van der Waals surface area (Å²) in [6.07, 6.45) is 3.29. The Morgan fingerprint density at radius 2 is 1.67 bits per heavy atom. The van der Waals surface area contributed by atoms with Gasteiger partial charge in [0, 0.05) is 12.6 Å². The maximum absolute atomic E-state index is 12.0. The lowest BCUT2D eigenvalue weighted by Gasteiger charge is -2.45. The first kappa shape index (κ1) is 18.0.